The summed E-state index contributed by atoms with van der Waals surface area (Å²) in [7, 11) is 0. The zero-order chi connectivity index (χ0) is 17.1. The second-order valence-electron chi connectivity index (χ2n) is 7.56. The van der Waals surface area contributed by atoms with Crippen molar-refractivity contribution < 1.29 is 14.3 Å². The first-order valence-electron chi connectivity index (χ1n) is 8.93. The number of carbonyl (C=O) groups excluding carboxylic acids is 2. The smallest absolute Gasteiger partial charge is 0.305 e. The van der Waals surface area contributed by atoms with E-state index in [-0.39, 0.29) is 17.8 Å². The van der Waals surface area contributed by atoms with Gasteiger partial charge in [0, 0.05) is 18.3 Å². The third kappa shape index (κ3) is 10.8. The van der Waals surface area contributed by atoms with E-state index in [1.165, 1.54) is 0 Å². The molecule has 0 heterocycles. The summed E-state index contributed by atoms with van der Waals surface area (Å²) in [5, 5.41) is 0. The second kappa shape index (κ2) is 11.7. The van der Waals surface area contributed by atoms with Crippen molar-refractivity contribution in [2.75, 3.05) is 6.61 Å². The molecule has 0 aliphatic heterocycles. The Morgan fingerprint density at radius 1 is 0.864 bits per heavy atom. The van der Waals surface area contributed by atoms with Crippen molar-refractivity contribution in [1.82, 2.24) is 0 Å². The summed E-state index contributed by atoms with van der Waals surface area (Å²) in [6.07, 6.45) is 5.31. The zero-order valence-corrected chi connectivity index (χ0v) is 15.5. The maximum Gasteiger partial charge on any atom is 0.305 e. The molecular weight excluding hydrogens is 276 g/mol. The van der Waals surface area contributed by atoms with Crippen LogP contribution >= 0.6 is 0 Å². The molecule has 1 atom stereocenters. The third-order valence-electron chi connectivity index (χ3n) is 3.74. The molecule has 0 aliphatic rings. The van der Waals surface area contributed by atoms with Crippen LogP contribution in [-0.2, 0) is 14.3 Å². The van der Waals surface area contributed by atoms with E-state index in [0.717, 1.165) is 32.1 Å². The maximum atomic E-state index is 12.2. The summed E-state index contributed by atoms with van der Waals surface area (Å²) in [6, 6.07) is 0. The fraction of sp³-hybridized carbons (Fsp3) is 0.895. The van der Waals surface area contributed by atoms with Crippen LogP contribution in [0.4, 0.5) is 0 Å². The molecule has 0 rings (SSSR count). The number of rotatable bonds is 12. The molecule has 0 aromatic rings. The Bertz CT molecular complexity index is 319. The molecule has 0 unspecified atom stereocenters. The van der Waals surface area contributed by atoms with Crippen LogP contribution in [0.25, 0.3) is 0 Å². The van der Waals surface area contributed by atoms with Gasteiger partial charge in [0.1, 0.15) is 5.78 Å². The van der Waals surface area contributed by atoms with Gasteiger partial charge in [0.15, 0.2) is 0 Å². The van der Waals surface area contributed by atoms with Gasteiger partial charge in [-0.2, -0.15) is 0 Å². The first-order chi connectivity index (χ1) is 10.2. The Morgan fingerprint density at radius 2 is 1.50 bits per heavy atom. The SMILES string of the molecule is CC(C)COC(=O)CCCCC[C@H](CC(C)C)C(=O)C(C)C. The average molecular weight is 312 g/mol. The van der Waals surface area contributed by atoms with Gasteiger partial charge in [0.2, 0.25) is 0 Å². The molecule has 0 amide bonds. The van der Waals surface area contributed by atoms with Crippen molar-refractivity contribution in [2.24, 2.45) is 23.7 Å². The van der Waals surface area contributed by atoms with Crippen molar-refractivity contribution in [2.45, 2.75) is 80.1 Å². The lowest BCUT2D eigenvalue weighted by atomic mass is 9.84. The predicted octanol–water partition coefficient (Wildman–Crippen LogP) is 5.02. The molecule has 0 aromatic heterocycles. The van der Waals surface area contributed by atoms with Crippen molar-refractivity contribution in [3.8, 4) is 0 Å². The number of Topliss-reactive ketones (excluding diaryl/α,β-unsaturated/α-hetero) is 1. The molecule has 130 valence electrons. The molecule has 0 bridgehead atoms. The van der Waals surface area contributed by atoms with Gasteiger partial charge in [-0.25, -0.2) is 0 Å². The molecule has 0 saturated carbocycles. The van der Waals surface area contributed by atoms with E-state index in [0.29, 0.717) is 30.6 Å². The lowest BCUT2D eigenvalue weighted by Gasteiger charge is -2.19. The number of esters is 1. The lowest BCUT2D eigenvalue weighted by Crippen LogP contribution is -2.21. The van der Waals surface area contributed by atoms with Crippen LogP contribution in [0.5, 0.6) is 0 Å². The molecule has 0 fully saturated rings. The molecule has 0 spiro atoms. The van der Waals surface area contributed by atoms with E-state index in [1.54, 1.807) is 0 Å². The molecule has 0 aliphatic carbocycles. The Balaban J connectivity index is 3.93. The highest BCUT2D eigenvalue weighted by molar-refractivity contribution is 5.82. The molecule has 0 radical (unpaired) electrons. The third-order valence-corrected chi connectivity index (χ3v) is 3.74. The summed E-state index contributed by atoms with van der Waals surface area (Å²) in [5.41, 5.74) is 0. The summed E-state index contributed by atoms with van der Waals surface area (Å²) < 4.78 is 5.16. The Hall–Kier alpha value is -0.860. The van der Waals surface area contributed by atoms with Crippen LogP contribution in [0.1, 0.15) is 80.1 Å². The van der Waals surface area contributed by atoms with E-state index in [4.69, 9.17) is 4.74 Å². The quantitative estimate of drug-likeness (QED) is 0.375. The topological polar surface area (TPSA) is 43.4 Å². The minimum absolute atomic E-state index is 0.0920. The molecule has 0 N–H and O–H groups in total. The summed E-state index contributed by atoms with van der Waals surface area (Å²) in [6.45, 7) is 12.9. The largest absolute Gasteiger partial charge is 0.465 e. The first kappa shape index (κ1) is 21.1. The zero-order valence-electron chi connectivity index (χ0n) is 15.5. The summed E-state index contributed by atoms with van der Waals surface area (Å²) in [4.78, 5) is 23.7. The first-order valence-corrected chi connectivity index (χ1v) is 8.93. The maximum absolute atomic E-state index is 12.2. The molecule has 22 heavy (non-hydrogen) atoms. The van der Waals surface area contributed by atoms with Gasteiger partial charge >= 0.3 is 5.97 Å². The number of ketones is 1. The molecular formula is C19H36O3. The van der Waals surface area contributed by atoms with E-state index in [2.05, 4.69) is 13.8 Å². The van der Waals surface area contributed by atoms with Crippen molar-refractivity contribution in [1.29, 1.82) is 0 Å². The lowest BCUT2D eigenvalue weighted by molar-refractivity contribution is -0.144. The van der Waals surface area contributed by atoms with Gasteiger partial charge in [0.25, 0.3) is 0 Å². The van der Waals surface area contributed by atoms with Gasteiger partial charge in [0.05, 0.1) is 6.61 Å². The van der Waals surface area contributed by atoms with E-state index in [1.807, 2.05) is 27.7 Å². The van der Waals surface area contributed by atoms with Gasteiger partial charge in [-0.3, -0.25) is 9.59 Å². The Morgan fingerprint density at radius 3 is 2.00 bits per heavy atom. The number of ether oxygens (including phenoxy) is 1. The molecule has 0 saturated heterocycles. The molecule has 3 heteroatoms. The molecule has 3 nitrogen and oxygen atoms in total. The van der Waals surface area contributed by atoms with Crippen LogP contribution in [0.2, 0.25) is 0 Å². The standard InChI is InChI=1S/C19H36O3/c1-14(2)12-17(19(21)16(5)6)10-8-7-9-11-18(20)22-13-15(3)4/h14-17H,7-13H2,1-6H3/t17-/m1/s1. The minimum Gasteiger partial charge on any atom is -0.465 e. The van der Waals surface area contributed by atoms with Gasteiger partial charge < -0.3 is 4.74 Å². The number of unbranched alkanes of at least 4 members (excludes halogenated alkanes) is 2. The summed E-state index contributed by atoms with van der Waals surface area (Å²) in [5.74, 6) is 1.56. The predicted molar refractivity (Wildman–Crippen MR) is 91.7 cm³/mol. The number of carbonyl (C=O) groups is 2. The van der Waals surface area contributed by atoms with Crippen molar-refractivity contribution >= 4 is 11.8 Å². The average Bonchev–Trinajstić information content (AvgIpc) is 2.42. The summed E-state index contributed by atoms with van der Waals surface area (Å²) >= 11 is 0. The van der Waals surface area contributed by atoms with Gasteiger partial charge in [-0.05, 0) is 31.1 Å². The second-order valence-corrected chi connectivity index (χ2v) is 7.56. The van der Waals surface area contributed by atoms with Crippen LogP contribution in [0, 0.1) is 23.7 Å². The highest BCUT2D eigenvalue weighted by Crippen LogP contribution is 2.23. The van der Waals surface area contributed by atoms with Crippen LogP contribution in [0.3, 0.4) is 0 Å². The van der Waals surface area contributed by atoms with E-state index >= 15 is 0 Å². The Labute approximate surface area is 137 Å². The Kier molecular flexibility index (Phi) is 11.2. The van der Waals surface area contributed by atoms with Gasteiger partial charge in [-0.1, -0.05) is 54.4 Å². The van der Waals surface area contributed by atoms with Gasteiger partial charge in [-0.15, -0.1) is 0 Å². The monoisotopic (exact) mass is 312 g/mol. The normalized spacial score (nSPS) is 13.0. The van der Waals surface area contributed by atoms with Crippen molar-refractivity contribution in [3.63, 3.8) is 0 Å². The van der Waals surface area contributed by atoms with E-state index in [9.17, 15) is 9.59 Å². The van der Waals surface area contributed by atoms with Crippen molar-refractivity contribution in [3.05, 3.63) is 0 Å². The highest BCUT2D eigenvalue weighted by Gasteiger charge is 2.21. The fourth-order valence-corrected chi connectivity index (χ4v) is 2.59. The van der Waals surface area contributed by atoms with E-state index < -0.39 is 0 Å². The highest BCUT2D eigenvalue weighted by atomic mass is 16.5. The number of hydrogen-bond donors (Lipinski definition) is 0. The van der Waals surface area contributed by atoms with Crippen LogP contribution < -0.4 is 0 Å². The minimum atomic E-state index is -0.0920. The molecule has 0 aromatic carbocycles. The van der Waals surface area contributed by atoms with Crippen LogP contribution in [0.15, 0.2) is 0 Å². The number of hydrogen-bond acceptors (Lipinski definition) is 3. The van der Waals surface area contributed by atoms with Crippen LogP contribution in [-0.4, -0.2) is 18.4 Å². The fourth-order valence-electron chi connectivity index (χ4n) is 2.59.